The zero-order valence-corrected chi connectivity index (χ0v) is 10.2. The zero-order chi connectivity index (χ0) is 13.0. The van der Waals surface area contributed by atoms with Crippen LogP contribution in [0.1, 0.15) is 23.2 Å². The molecule has 5 heteroatoms. The summed E-state index contributed by atoms with van der Waals surface area (Å²) in [7, 11) is 0. The number of nitrogens with two attached hydrogens (primary N) is 1. The summed E-state index contributed by atoms with van der Waals surface area (Å²) in [5.74, 6) is 0.293. The van der Waals surface area contributed by atoms with Gasteiger partial charge in [0.1, 0.15) is 5.75 Å². The molecule has 1 heterocycles. The van der Waals surface area contributed by atoms with E-state index < -0.39 is 0 Å². The van der Waals surface area contributed by atoms with Crippen molar-refractivity contribution in [1.29, 1.82) is 0 Å². The number of phenolic OH excluding ortho intramolecular Hbond substituents is 1. The first kappa shape index (κ1) is 12.7. The Bertz CT molecular complexity index is 428. The molecule has 18 heavy (non-hydrogen) atoms. The summed E-state index contributed by atoms with van der Waals surface area (Å²) in [6.07, 6.45) is 1.99. The van der Waals surface area contributed by atoms with Crippen LogP contribution in [0.3, 0.4) is 0 Å². The molecule has 4 N–H and O–H groups in total. The molecule has 0 bridgehead atoms. The van der Waals surface area contributed by atoms with Crippen LogP contribution in [-0.2, 0) is 4.74 Å². The molecule has 1 atom stereocenters. The molecule has 1 saturated heterocycles. The largest absolute Gasteiger partial charge is 0.506 e. The van der Waals surface area contributed by atoms with Crippen LogP contribution < -0.4 is 11.1 Å². The van der Waals surface area contributed by atoms with Crippen molar-refractivity contribution in [2.24, 2.45) is 5.92 Å². The van der Waals surface area contributed by atoms with Crippen LogP contribution in [0.15, 0.2) is 18.2 Å². The minimum atomic E-state index is -0.191. The average Bonchev–Trinajstić information content (AvgIpc) is 2.85. The summed E-state index contributed by atoms with van der Waals surface area (Å²) in [5.41, 5.74) is 6.17. The third-order valence-electron chi connectivity index (χ3n) is 3.15. The van der Waals surface area contributed by atoms with Crippen LogP contribution in [-0.4, -0.2) is 30.8 Å². The van der Waals surface area contributed by atoms with Crippen molar-refractivity contribution in [3.8, 4) is 5.75 Å². The molecule has 0 saturated carbocycles. The van der Waals surface area contributed by atoms with E-state index in [1.807, 2.05) is 0 Å². The summed E-state index contributed by atoms with van der Waals surface area (Å²) in [6, 6.07) is 4.50. The van der Waals surface area contributed by atoms with Crippen molar-refractivity contribution in [1.82, 2.24) is 5.32 Å². The van der Waals surface area contributed by atoms with Crippen molar-refractivity contribution < 1.29 is 14.6 Å². The molecule has 1 aromatic rings. The lowest BCUT2D eigenvalue weighted by Crippen LogP contribution is -2.26. The van der Waals surface area contributed by atoms with E-state index in [1.165, 1.54) is 12.1 Å². The van der Waals surface area contributed by atoms with Gasteiger partial charge >= 0.3 is 0 Å². The highest BCUT2D eigenvalue weighted by Crippen LogP contribution is 2.20. The van der Waals surface area contributed by atoms with Gasteiger partial charge in [0.05, 0.1) is 5.69 Å². The number of nitrogens with one attached hydrogen (secondary N) is 1. The molecule has 0 aromatic heterocycles. The van der Waals surface area contributed by atoms with E-state index in [0.717, 1.165) is 26.1 Å². The first-order chi connectivity index (χ1) is 8.66. The van der Waals surface area contributed by atoms with Crippen LogP contribution in [0.4, 0.5) is 5.69 Å². The zero-order valence-electron chi connectivity index (χ0n) is 10.2. The van der Waals surface area contributed by atoms with E-state index in [2.05, 4.69) is 5.32 Å². The number of nitrogen functional groups attached to an aromatic ring is 1. The molecular weight excluding hydrogens is 232 g/mol. The van der Waals surface area contributed by atoms with E-state index in [1.54, 1.807) is 6.07 Å². The van der Waals surface area contributed by atoms with Gasteiger partial charge in [-0.05, 0) is 37.0 Å². The first-order valence-electron chi connectivity index (χ1n) is 6.11. The molecule has 1 amide bonds. The lowest BCUT2D eigenvalue weighted by atomic mass is 10.1. The second-order valence-corrected chi connectivity index (χ2v) is 4.55. The smallest absolute Gasteiger partial charge is 0.251 e. The molecule has 0 radical (unpaired) electrons. The maximum Gasteiger partial charge on any atom is 0.251 e. The van der Waals surface area contributed by atoms with Crippen LogP contribution in [0, 0.1) is 5.92 Å². The van der Waals surface area contributed by atoms with E-state index >= 15 is 0 Å². The number of anilines is 1. The Hall–Kier alpha value is -1.75. The van der Waals surface area contributed by atoms with Crippen molar-refractivity contribution in [2.45, 2.75) is 12.8 Å². The third kappa shape index (κ3) is 3.13. The van der Waals surface area contributed by atoms with Gasteiger partial charge in [-0.15, -0.1) is 0 Å². The predicted molar refractivity (Wildman–Crippen MR) is 68.4 cm³/mol. The lowest BCUT2D eigenvalue weighted by Gasteiger charge is -2.09. The summed E-state index contributed by atoms with van der Waals surface area (Å²) < 4.78 is 5.27. The first-order valence-corrected chi connectivity index (χ1v) is 6.11. The summed E-state index contributed by atoms with van der Waals surface area (Å²) in [5, 5.41) is 12.3. The Morgan fingerprint density at radius 3 is 3.06 bits per heavy atom. The summed E-state index contributed by atoms with van der Waals surface area (Å²) in [4.78, 5) is 11.8. The quantitative estimate of drug-likeness (QED) is 0.552. The minimum Gasteiger partial charge on any atom is -0.506 e. The fourth-order valence-corrected chi connectivity index (χ4v) is 1.99. The SMILES string of the molecule is Nc1ccc(C(=O)NCCC2CCOC2)cc1O. The van der Waals surface area contributed by atoms with Crippen LogP contribution >= 0.6 is 0 Å². The Morgan fingerprint density at radius 2 is 2.39 bits per heavy atom. The molecule has 0 aliphatic carbocycles. The molecule has 1 fully saturated rings. The van der Waals surface area contributed by atoms with Gasteiger partial charge in [0.15, 0.2) is 0 Å². The molecule has 0 spiro atoms. The van der Waals surface area contributed by atoms with Crippen molar-refractivity contribution in [3.05, 3.63) is 23.8 Å². The fraction of sp³-hybridized carbons (Fsp3) is 0.462. The number of carbonyl (C=O) groups excluding carboxylic acids is 1. The van der Waals surface area contributed by atoms with Gasteiger partial charge in [-0.2, -0.15) is 0 Å². The number of hydrogen-bond acceptors (Lipinski definition) is 4. The van der Waals surface area contributed by atoms with Gasteiger partial charge < -0.3 is 20.9 Å². The number of benzene rings is 1. The van der Waals surface area contributed by atoms with Gasteiger partial charge in [0.25, 0.3) is 5.91 Å². The number of ether oxygens (including phenoxy) is 1. The topological polar surface area (TPSA) is 84.6 Å². The average molecular weight is 250 g/mol. The third-order valence-corrected chi connectivity index (χ3v) is 3.15. The molecular formula is C13H18N2O3. The van der Waals surface area contributed by atoms with Crippen LogP contribution in [0.25, 0.3) is 0 Å². The Kier molecular flexibility index (Phi) is 4.04. The van der Waals surface area contributed by atoms with Gasteiger partial charge in [-0.3, -0.25) is 4.79 Å². The lowest BCUT2D eigenvalue weighted by molar-refractivity contribution is 0.0950. The number of amides is 1. The normalized spacial score (nSPS) is 18.8. The Labute approximate surface area is 106 Å². The van der Waals surface area contributed by atoms with Crippen molar-refractivity contribution in [2.75, 3.05) is 25.5 Å². The minimum absolute atomic E-state index is 0.0631. The van der Waals surface area contributed by atoms with E-state index in [4.69, 9.17) is 10.5 Å². The molecule has 1 aliphatic heterocycles. The molecule has 5 nitrogen and oxygen atoms in total. The molecule has 1 unspecified atom stereocenters. The maximum atomic E-state index is 11.8. The number of hydrogen-bond donors (Lipinski definition) is 3. The highest BCUT2D eigenvalue weighted by molar-refractivity contribution is 5.95. The highest BCUT2D eigenvalue weighted by atomic mass is 16.5. The molecule has 98 valence electrons. The molecule has 1 aromatic carbocycles. The van der Waals surface area contributed by atoms with Crippen LogP contribution in [0.2, 0.25) is 0 Å². The summed E-state index contributed by atoms with van der Waals surface area (Å²) >= 11 is 0. The second-order valence-electron chi connectivity index (χ2n) is 4.55. The van der Waals surface area contributed by atoms with Gasteiger partial charge in [0, 0.05) is 25.3 Å². The second kappa shape index (κ2) is 5.73. The number of rotatable bonds is 4. The molecule has 2 rings (SSSR count). The Morgan fingerprint density at radius 1 is 1.56 bits per heavy atom. The fourth-order valence-electron chi connectivity index (χ4n) is 1.99. The number of aromatic hydroxyl groups is 1. The van der Waals surface area contributed by atoms with Crippen molar-refractivity contribution >= 4 is 11.6 Å². The predicted octanol–water partition coefficient (Wildman–Crippen LogP) is 1.13. The van der Waals surface area contributed by atoms with E-state index in [9.17, 15) is 9.90 Å². The Balaban J connectivity index is 1.81. The molecule has 1 aliphatic rings. The van der Waals surface area contributed by atoms with Gasteiger partial charge in [-0.25, -0.2) is 0 Å². The van der Waals surface area contributed by atoms with Crippen LogP contribution in [0.5, 0.6) is 5.75 Å². The van der Waals surface area contributed by atoms with E-state index in [-0.39, 0.29) is 17.3 Å². The van der Waals surface area contributed by atoms with Gasteiger partial charge in [-0.1, -0.05) is 0 Å². The highest BCUT2D eigenvalue weighted by Gasteiger charge is 2.15. The monoisotopic (exact) mass is 250 g/mol. The standard InChI is InChI=1S/C13H18N2O3/c14-11-2-1-10(7-12(11)16)13(17)15-5-3-9-4-6-18-8-9/h1-2,7,9,16H,3-6,8,14H2,(H,15,17). The number of phenols is 1. The van der Waals surface area contributed by atoms with Gasteiger partial charge in [0.2, 0.25) is 0 Å². The summed E-state index contributed by atoms with van der Waals surface area (Å²) in [6.45, 7) is 2.24. The maximum absolute atomic E-state index is 11.8. The van der Waals surface area contributed by atoms with E-state index in [0.29, 0.717) is 18.0 Å². The van der Waals surface area contributed by atoms with Crippen molar-refractivity contribution in [3.63, 3.8) is 0 Å². The number of carbonyl (C=O) groups is 1.